The van der Waals surface area contributed by atoms with Gasteiger partial charge in [-0.25, -0.2) is 4.85 Å². The fourth-order valence-corrected chi connectivity index (χ4v) is 4.54. The van der Waals surface area contributed by atoms with E-state index in [0.29, 0.717) is 16.7 Å². The summed E-state index contributed by atoms with van der Waals surface area (Å²) < 4.78 is 39.7. The van der Waals surface area contributed by atoms with E-state index in [0.717, 1.165) is 23.8 Å². The molecule has 35 heavy (non-hydrogen) atoms. The largest absolute Gasteiger partial charge is 0.416 e. The van der Waals surface area contributed by atoms with E-state index in [4.69, 9.17) is 6.57 Å². The lowest BCUT2D eigenvalue weighted by Crippen LogP contribution is -2.06. The molecule has 5 rings (SSSR count). The highest BCUT2D eigenvalue weighted by Crippen LogP contribution is 2.44. The molecule has 168 valence electrons. The van der Waals surface area contributed by atoms with Crippen molar-refractivity contribution >= 4 is 34.0 Å². The lowest BCUT2D eigenvalue weighted by molar-refractivity contribution is -0.137. The van der Waals surface area contributed by atoms with E-state index in [2.05, 4.69) is 10.9 Å². The molecule has 0 atom stereocenters. The van der Waals surface area contributed by atoms with Crippen LogP contribution in [0.15, 0.2) is 60.7 Å². The standard InChI is InChI=1S/C28H13F3N2O2/c1-14-6-8-18-20(10-14)22(13-32)23(26(18)34)15-4-3-5-16(11-15)24-25(33-2)21-12-17(28(29,30)31)7-9-19(21)27(24)35/h3-12H,1H3. The lowest BCUT2D eigenvalue weighted by Gasteiger charge is -2.08. The first-order valence-electron chi connectivity index (χ1n) is 10.4. The number of nitriles is 1. The first kappa shape index (κ1) is 22.1. The molecule has 0 spiro atoms. The Bertz CT molecular complexity index is 1640. The molecule has 0 amide bonds. The predicted molar refractivity (Wildman–Crippen MR) is 124 cm³/mol. The highest BCUT2D eigenvalue weighted by atomic mass is 19.4. The number of aryl methyl sites for hydroxylation is 1. The van der Waals surface area contributed by atoms with Gasteiger partial charge in [0.25, 0.3) is 0 Å². The first-order chi connectivity index (χ1) is 16.7. The van der Waals surface area contributed by atoms with Gasteiger partial charge in [0.05, 0.1) is 17.7 Å². The smallest absolute Gasteiger partial charge is 0.290 e. The van der Waals surface area contributed by atoms with Gasteiger partial charge in [0.15, 0.2) is 11.6 Å². The van der Waals surface area contributed by atoms with Crippen LogP contribution in [0.3, 0.4) is 0 Å². The van der Waals surface area contributed by atoms with Crippen molar-refractivity contribution in [2.24, 2.45) is 0 Å². The molecule has 4 nitrogen and oxygen atoms in total. The average molecular weight is 466 g/mol. The minimum atomic E-state index is -4.62. The maximum Gasteiger partial charge on any atom is 0.416 e. The van der Waals surface area contributed by atoms with E-state index < -0.39 is 17.5 Å². The molecule has 0 fully saturated rings. The SMILES string of the molecule is [C-]#[N+]C1=C(c2cccc(C3=C(C#N)c4cc(C)ccc4C3=O)c2)C(=O)c2ccc(C(F)(F)F)cc21. The molecule has 0 saturated carbocycles. The summed E-state index contributed by atoms with van der Waals surface area (Å²) in [5.41, 5.74) is 1.66. The number of carbonyl (C=O) groups is 2. The van der Waals surface area contributed by atoms with Crippen molar-refractivity contribution in [3.63, 3.8) is 0 Å². The number of allylic oxidation sites excluding steroid dienone is 3. The van der Waals surface area contributed by atoms with Crippen LogP contribution in [0.1, 0.15) is 54.1 Å². The number of Topliss-reactive ketones (excluding diaryl/α,β-unsaturated/α-hetero) is 2. The Morgan fingerprint density at radius 1 is 0.829 bits per heavy atom. The number of nitrogens with zero attached hydrogens (tertiary/aromatic N) is 2. The molecule has 0 saturated heterocycles. The van der Waals surface area contributed by atoms with Crippen LogP contribution in [0.2, 0.25) is 0 Å². The summed E-state index contributed by atoms with van der Waals surface area (Å²) in [4.78, 5) is 29.7. The normalized spacial score (nSPS) is 14.7. The Labute approximate surface area is 198 Å². The molecule has 2 aliphatic carbocycles. The number of hydrogen-bond donors (Lipinski definition) is 0. The number of hydrogen-bond acceptors (Lipinski definition) is 3. The van der Waals surface area contributed by atoms with Gasteiger partial charge < -0.3 is 0 Å². The van der Waals surface area contributed by atoms with E-state index in [9.17, 15) is 28.0 Å². The van der Waals surface area contributed by atoms with Crippen molar-refractivity contribution in [1.82, 2.24) is 0 Å². The van der Waals surface area contributed by atoms with Crippen LogP contribution in [0.4, 0.5) is 13.2 Å². The van der Waals surface area contributed by atoms with E-state index in [1.54, 1.807) is 36.4 Å². The van der Waals surface area contributed by atoms with Crippen molar-refractivity contribution in [3.8, 4) is 6.07 Å². The quantitative estimate of drug-likeness (QED) is 0.399. The van der Waals surface area contributed by atoms with Gasteiger partial charge in [-0.05, 0) is 41.8 Å². The topological polar surface area (TPSA) is 62.3 Å². The van der Waals surface area contributed by atoms with Crippen LogP contribution in [0, 0.1) is 24.8 Å². The number of ketones is 2. The zero-order valence-corrected chi connectivity index (χ0v) is 18.1. The van der Waals surface area contributed by atoms with Crippen LogP contribution < -0.4 is 0 Å². The van der Waals surface area contributed by atoms with Crippen LogP contribution in [0.5, 0.6) is 0 Å². The van der Waals surface area contributed by atoms with Crippen LogP contribution in [-0.2, 0) is 6.18 Å². The fourth-order valence-electron chi connectivity index (χ4n) is 4.54. The molecule has 0 radical (unpaired) electrons. The molecule has 0 aliphatic heterocycles. The highest BCUT2D eigenvalue weighted by molar-refractivity contribution is 6.42. The average Bonchev–Trinajstić information content (AvgIpc) is 3.28. The van der Waals surface area contributed by atoms with Gasteiger partial charge in [0, 0.05) is 27.8 Å². The molecule has 0 unspecified atom stereocenters. The highest BCUT2D eigenvalue weighted by Gasteiger charge is 2.37. The van der Waals surface area contributed by atoms with E-state index in [1.807, 2.05) is 6.92 Å². The third-order valence-electron chi connectivity index (χ3n) is 6.14. The summed E-state index contributed by atoms with van der Waals surface area (Å²) in [7, 11) is 0. The molecule has 3 aromatic rings. The Morgan fingerprint density at radius 2 is 1.46 bits per heavy atom. The number of benzene rings is 3. The van der Waals surface area contributed by atoms with Gasteiger partial charge in [-0.2, -0.15) is 18.4 Å². The summed E-state index contributed by atoms with van der Waals surface area (Å²) in [5.74, 6) is -0.896. The van der Waals surface area contributed by atoms with E-state index in [1.165, 1.54) is 6.07 Å². The summed E-state index contributed by atoms with van der Waals surface area (Å²) in [6, 6.07) is 16.3. The minimum absolute atomic E-state index is 0.0150. The molecular formula is C28H13F3N2O2. The van der Waals surface area contributed by atoms with Crippen LogP contribution in [0.25, 0.3) is 27.3 Å². The molecule has 2 aliphatic rings. The van der Waals surface area contributed by atoms with Gasteiger partial charge in [0.1, 0.15) is 6.07 Å². The second-order valence-corrected chi connectivity index (χ2v) is 8.24. The predicted octanol–water partition coefficient (Wildman–Crippen LogP) is 6.63. The monoisotopic (exact) mass is 466 g/mol. The summed E-state index contributed by atoms with van der Waals surface area (Å²) >= 11 is 0. The van der Waals surface area contributed by atoms with Crippen LogP contribution >= 0.6 is 0 Å². The molecule has 0 aromatic heterocycles. The van der Waals surface area contributed by atoms with Crippen molar-refractivity contribution in [1.29, 1.82) is 5.26 Å². The summed E-state index contributed by atoms with van der Waals surface area (Å²) in [6.45, 7) is 9.43. The maximum atomic E-state index is 13.2. The fraction of sp³-hybridized carbons (Fsp3) is 0.0714. The van der Waals surface area contributed by atoms with Gasteiger partial charge in [0.2, 0.25) is 5.70 Å². The third-order valence-corrected chi connectivity index (χ3v) is 6.14. The number of fused-ring (bicyclic) bond motifs is 2. The molecular weight excluding hydrogens is 453 g/mol. The molecule has 0 N–H and O–H groups in total. The Morgan fingerprint density at radius 3 is 2.11 bits per heavy atom. The summed E-state index contributed by atoms with van der Waals surface area (Å²) in [6.07, 6.45) is -4.62. The Hall–Kier alpha value is -4.75. The van der Waals surface area contributed by atoms with Gasteiger partial charge in [-0.1, -0.05) is 48.0 Å². The van der Waals surface area contributed by atoms with Crippen LogP contribution in [-0.4, -0.2) is 11.6 Å². The molecule has 7 heteroatoms. The second kappa shape index (κ2) is 7.65. The van der Waals surface area contributed by atoms with Gasteiger partial charge in [-0.15, -0.1) is 0 Å². The summed E-state index contributed by atoms with van der Waals surface area (Å²) in [5, 5.41) is 9.81. The first-order valence-corrected chi connectivity index (χ1v) is 10.4. The zero-order valence-electron chi connectivity index (χ0n) is 18.1. The second-order valence-electron chi connectivity index (χ2n) is 8.24. The van der Waals surface area contributed by atoms with Crippen molar-refractivity contribution in [2.45, 2.75) is 13.1 Å². The maximum absolute atomic E-state index is 13.2. The molecule has 0 bridgehead atoms. The van der Waals surface area contributed by atoms with E-state index >= 15 is 0 Å². The minimum Gasteiger partial charge on any atom is -0.290 e. The van der Waals surface area contributed by atoms with Crippen molar-refractivity contribution in [2.75, 3.05) is 0 Å². The third kappa shape index (κ3) is 3.29. The molecule has 0 heterocycles. The zero-order chi connectivity index (χ0) is 25.1. The number of alkyl halides is 3. The van der Waals surface area contributed by atoms with Crippen molar-refractivity contribution in [3.05, 3.63) is 117 Å². The number of rotatable bonds is 2. The van der Waals surface area contributed by atoms with E-state index in [-0.39, 0.29) is 44.9 Å². The van der Waals surface area contributed by atoms with Crippen molar-refractivity contribution < 1.29 is 22.8 Å². The van der Waals surface area contributed by atoms with Gasteiger partial charge >= 0.3 is 6.18 Å². The number of carbonyl (C=O) groups excluding carboxylic acids is 2. The Balaban J connectivity index is 1.67. The van der Waals surface area contributed by atoms with Gasteiger partial charge in [-0.3, -0.25) is 9.59 Å². The Kier molecular flexibility index (Phi) is 4.82. The lowest BCUT2D eigenvalue weighted by atomic mass is 9.94. The molecule has 3 aromatic carbocycles. The number of halogens is 3.